The van der Waals surface area contributed by atoms with Gasteiger partial charge in [-0.3, -0.25) is 14.9 Å². The standard InChI is InChI=1S/C13H15FN2O3/c14-10-3-1-9(2-4-10)5-11(17)16-12(18)6-13(15)7-19-8-13/h1-4H,5-8,15H2,(H,16,17,18). The number of nitrogens with one attached hydrogen (secondary N) is 1. The lowest BCUT2D eigenvalue weighted by atomic mass is 9.94. The fraction of sp³-hybridized carbons (Fsp3) is 0.385. The van der Waals surface area contributed by atoms with Gasteiger partial charge in [0.1, 0.15) is 5.82 Å². The molecular formula is C13H15FN2O3. The van der Waals surface area contributed by atoms with Crippen LogP contribution < -0.4 is 11.1 Å². The summed E-state index contributed by atoms with van der Waals surface area (Å²) in [6.07, 6.45) is 0.0856. The lowest BCUT2D eigenvalue weighted by molar-refractivity contribution is -0.134. The van der Waals surface area contributed by atoms with Crippen molar-refractivity contribution in [2.75, 3.05) is 13.2 Å². The van der Waals surface area contributed by atoms with E-state index in [9.17, 15) is 14.0 Å². The maximum atomic E-state index is 12.7. The first-order valence-corrected chi connectivity index (χ1v) is 5.91. The second kappa shape index (κ2) is 5.46. The number of imide groups is 1. The van der Waals surface area contributed by atoms with Gasteiger partial charge >= 0.3 is 0 Å². The van der Waals surface area contributed by atoms with Gasteiger partial charge in [0.05, 0.1) is 25.2 Å². The number of carbonyl (C=O) groups excluding carboxylic acids is 2. The van der Waals surface area contributed by atoms with Crippen LogP contribution in [-0.2, 0) is 20.7 Å². The molecule has 5 nitrogen and oxygen atoms in total. The molecule has 1 aromatic rings. The minimum Gasteiger partial charge on any atom is -0.377 e. The van der Waals surface area contributed by atoms with Crippen LogP contribution in [-0.4, -0.2) is 30.6 Å². The highest BCUT2D eigenvalue weighted by Crippen LogP contribution is 2.17. The van der Waals surface area contributed by atoms with Crippen LogP contribution in [0, 0.1) is 5.82 Å². The van der Waals surface area contributed by atoms with E-state index in [2.05, 4.69) is 5.32 Å². The SMILES string of the molecule is NC1(CC(=O)NC(=O)Cc2ccc(F)cc2)COC1. The number of hydrogen-bond acceptors (Lipinski definition) is 4. The average molecular weight is 266 g/mol. The Morgan fingerprint density at radius 2 is 1.89 bits per heavy atom. The van der Waals surface area contributed by atoms with Crippen LogP contribution in [0.3, 0.4) is 0 Å². The summed E-state index contributed by atoms with van der Waals surface area (Å²) in [5, 5.41) is 2.26. The normalized spacial score (nSPS) is 16.5. The third-order valence-corrected chi connectivity index (χ3v) is 2.85. The van der Waals surface area contributed by atoms with Gasteiger partial charge in [0, 0.05) is 6.42 Å². The van der Waals surface area contributed by atoms with Gasteiger partial charge in [-0.15, -0.1) is 0 Å². The molecule has 0 spiro atoms. The summed E-state index contributed by atoms with van der Waals surface area (Å²) < 4.78 is 17.6. The largest absolute Gasteiger partial charge is 0.377 e. The lowest BCUT2D eigenvalue weighted by Crippen LogP contribution is -2.59. The van der Waals surface area contributed by atoms with Crippen molar-refractivity contribution in [2.45, 2.75) is 18.4 Å². The highest BCUT2D eigenvalue weighted by Gasteiger charge is 2.36. The minimum atomic E-state index is -0.653. The van der Waals surface area contributed by atoms with Gasteiger partial charge in [-0.05, 0) is 17.7 Å². The molecule has 1 aromatic carbocycles. The first kappa shape index (κ1) is 13.6. The number of carbonyl (C=O) groups is 2. The van der Waals surface area contributed by atoms with Crippen molar-refractivity contribution in [3.63, 3.8) is 0 Å². The maximum absolute atomic E-state index is 12.7. The van der Waals surface area contributed by atoms with Gasteiger partial charge in [-0.1, -0.05) is 12.1 Å². The summed E-state index contributed by atoms with van der Waals surface area (Å²) >= 11 is 0. The third kappa shape index (κ3) is 3.84. The molecule has 0 aromatic heterocycles. The van der Waals surface area contributed by atoms with Crippen LogP contribution >= 0.6 is 0 Å². The number of amides is 2. The summed E-state index contributed by atoms with van der Waals surface area (Å²) in [4.78, 5) is 23.2. The Hall–Kier alpha value is -1.79. The number of ether oxygens (including phenoxy) is 1. The molecule has 19 heavy (non-hydrogen) atoms. The molecule has 3 N–H and O–H groups in total. The highest BCUT2D eigenvalue weighted by atomic mass is 19.1. The summed E-state index contributed by atoms with van der Waals surface area (Å²) in [7, 11) is 0. The number of halogens is 1. The summed E-state index contributed by atoms with van der Waals surface area (Å²) in [5.74, 6) is -1.21. The predicted molar refractivity (Wildman–Crippen MR) is 65.6 cm³/mol. The Bertz CT molecular complexity index is 483. The molecule has 0 unspecified atom stereocenters. The molecule has 6 heteroatoms. The van der Waals surface area contributed by atoms with Gasteiger partial charge in [-0.25, -0.2) is 4.39 Å². The molecule has 1 aliphatic rings. The van der Waals surface area contributed by atoms with Crippen molar-refractivity contribution >= 4 is 11.8 Å². The Morgan fingerprint density at radius 3 is 2.42 bits per heavy atom. The zero-order valence-corrected chi connectivity index (χ0v) is 10.3. The van der Waals surface area contributed by atoms with Gasteiger partial charge in [0.25, 0.3) is 0 Å². The molecule has 1 saturated heterocycles. The van der Waals surface area contributed by atoms with E-state index in [1.165, 1.54) is 24.3 Å². The maximum Gasteiger partial charge on any atom is 0.230 e. The molecule has 1 aliphatic heterocycles. The Balaban J connectivity index is 1.80. The van der Waals surface area contributed by atoms with Gasteiger partial charge in [0.15, 0.2) is 0 Å². The van der Waals surface area contributed by atoms with E-state index in [1.54, 1.807) is 0 Å². The molecule has 0 bridgehead atoms. The summed E-state index contributed by atoms with van der Waals surface area (Å²) in [5.41, 5.74) is 5.80. The van der Waals surface area contributed by atoms with Crippen LogP contribution in [0.4, 0.5) is 4.39 Å². The zero-order valence-electron chi connectivity index (χ0n) is 10.3. The van der Waals surface area contributed by atoms with Crippen LogP contribution in [0.15, 0.2) is 24.3 Å². The number of hydrogen-bond donors (Lipinski definition) is 2. The Kier molecular flexibility index (Phi) is 3.92. The van der Waals surface area contributed by atoms with Crippen molar-refractivity contribution in [2.24, 2.45) is 5.73 Å². The summed E-state index contributed by atoms with van der Waals surface area (Å²) in [6, 6.07) is 5.54. The lowest BCUT2D eigenvalue weighted by Gasteiger charge is -2.36. The average Bonchev–Trinajstić information content (AvgIpc) is 2.30. The van der Waals surface area contributed by atoms with E-state index < -0.39 is 17.4 Å². The minimum absolute atomic E-state index is 0.0279. The van der Waals surface area contributed by atoms with E-state index in [1.807, 2.05) is 0 Å². The number of benzene rings is 1. The second-order valence-corrected chi connectivity index (χ2v) is 4.81. The zero-order chi connectivity index (χ0) is 13.9. The monoisotopic (exact) mass is 266 g/mol. The van der Waals surface area contributed by atoms with Crippen molar-refractivity contribution in [1.29, 1.82) is 0 Å². The van der Waals surface area contributed by atoms with Crippen molar-refractivity contribution < 1.29 is 18.7 Å². The van der Waals surface area contributed by atoms with Crippen LogP contribution in [0.25, 0.3) is 0 Å². The van der Waals surface area contributed by atoms with E-state index in [-0.39, 0.29) is 18.7 Å². The van der Waals surface area contributed by atoms with Gasteiger partial charge < -0.3 is 10.5 Å². The van der Waals surface area contributed by atoms with Crippen molar-refractivity contribution in [3.05, 3.63) is 35.6 Å². The molecule has 1 fully saturated rings. The van der Waals surface area contributed by atoms with E-state index >= 15 is 0 Å². The smallest absolute Gasteiger partial charge is 0.230 e. The van der Waals surface area contributed by atoms with Crippen molar-refractivity contribution in [1.82, 2.24) is 5.32 Å². The highest BCUT2D eigenvalue weighted by molar-refractivity contribution is 5.96. The quantitative estimate of drug-likeness (QED) is 0.811. The molecule has 0 saturated carbocycles. The topological polar surface area (TPSA) is 81.4 Å². The fourth-order valence-corrected chi connectivity index (χ4v) is 1.82. The van der Waals surface area contributed by atoms with Gasteiger partial charge in [0.2, 0.25) is 11.8 Å². The molecule has 102 valence electrons. The molecular weight excluding hydrogens is 251 g/mol. The van der Waals surface area contributed by atoms with Crippen LogP contribution in [0.5, 0.6) is 0 Å². The molecule has 2 rings (SSSR count). The Labute approximate surface area is 109 Å². The molecule has 2 amide bonds. The fourth-order valence-electron chi connectivity index (χ4n) is 1.82. The van der Waals surface area contributed by atoms with E-state index in [0.717, 1.165) is 0 Å². The first-order valence-electron chi connectivity index (χ1n) is 5.91. The van der Waals surface area contributed by atoms with Crippen molar-refractivity contribution in [3.8, 4) is 0 Å². The predicted octanol–water partition coefficient (Wildman–Crippen LogP) is 0.129. The molecule has 0 atom stereocenters. The first-order chi connectivity index (χ1) is 8.97. The number of nitrogens with two attached hydrogens (primary N) is 1. The molecule has 0 radical (unpaired) electrons. The van der Waals surface area contributed by atoms with Crippen LogP contribution in [0.1, 0.15) is 12.0 Å². The van der Waals surface area contributed by atoms with Gasteiger partial charge in [-0.2, -0.15) is 0 Å². The molecule has 1 heterocycles. The van der Waals surface area contributed by atoms with E-state index in [0.29, 0.717) is 18.8 Å². The van der Waals surface area contributed by atoms with E-state index in [4.69, 9.17) is 10.5 Å². The van der Waals surface area contributed by atoms with Crippen LogP contribution in [0.2, 0.25) is 0 Å². The Morgan fingerprint density at radius 1 is 1.26 bits per heavy atom. The number of rotatable bonds is 4. The molecule has 0 aliphatic carbocycles. The summed E-state index contributed by atoms with van der Waals surface area (Å²) in [6.45, 7) is 0.652. The second-order valence-electron chi connectivity index (χ2n) is 4.81. The third-order valence-electron chi connectivity index (χ3n) is 2.85.